The fraction of sp³-hybridized carbons (Fsp3) is 0.407. The fourth-order valence-electron chi connectivity index (χ4n) is 3.93. The minimum absolute atomic E-state index is 0. The molecule has 3 aromatic rings. The van der Waals surface area contributed by atoms with Crippen molar-refractivity contribution < 1.29 is 70.4 Å². The van der Waals surface area contributed by atoms with Gasteiger partial charge in [-0.1, -0.05) is 30.3 Å². The molecule has 1 aliphatic heterocycles. The molecule has 194 valence electrons. The molecule has 1 aromatic heterocycles. The number of methoxy groups -OCH3 is 3. The van der Waals surface area contributed by atoms with Crippen molar-refractivity contribution in [1.82, 2.24) is 9.97 Å². The van der Waals surface area contributed by atoms with Crippen LogP contribution < -0.4 is 75.8 Å². The number of hydroxylamine groups is 1. The van der Waals surface area contributed by atoms with Gasteiger partial charge >= 0.3 is 51.4 Å². The van der Waals surface area contributed by atoms with Crippen molar-refractivity contribution in [2.45, 2.75) is 32.3 Å². The van der Waals surface area contributed by atoms with E-state index in [4.69, 9.17) is 19.0 Å². The van der Waals surface area contributed by atoms with Crippen molar-refractivity contribution in [2.24, 2.45) is 0 Å². The van der Waals surface area contributed by atoms with Gasteiger partial charge in [-0.05, 0) is 37.8 Å². The van der Waals surface area contributed by atoms with Crippen LogP contribution in [0.1, 0.15) is 37.9 Å². The van der Waals surface area contributed by atoms with Crippen LogP contribution in [0, 0.1) is 0 Å². The molecule has 10 heteroatoms. The van der Waals surface area contributed by atoms with Gasteiger partial charge in [0.25, 0.3) is 0 Å². The Balaban J connectivity index is 0.000000339. The van der Waals surface area contributed by atoms with Gasteiger partial charge in [-0.15, -0.1) is 7.05 Å². The first-order chi connectivity index (χ1) is 17.6. The third kappa shape index (κ3) is 9.40. The summed E-state index contributed by atoms with van der Waals surface area (Å²) < 4.78 is 16.1. The van der Waals surface area contributed by atoms with Crippen molar-refractivity contribution in [2.75, 3.05) is 51.7 Å². The Kier molecular flexibility index (Phi) is 14.2. The maximum Gasteiger partial charge on any atom is 1.00 e. The van der Waals surface area contributed by atoms with Gasteiger partial charge in [-0.2, -0.15) is 4.98 Å². The number of benzene rings is 2. The van der Waals surface area contributed by atoms with Crippen molar-refractivity contribution in [3.63, 3.8) is 0 Å². The summed E-state index contributed by atoms with van der Waals surface area (Å²) in [5.41, 5.74) is 5.53. The standard InChI is InChI=1S/C18H24N4O3.C9H12NO.K/c1-23-14-11-13(12-15(24-2)17(14)25-3)20-18-19-8-7-16(21-18)22-9-5-4-6-10-22;1-8(11-10-2)9-6-4-3-5-7-9;/h7-8,11-12H,4-6,9-10H2,1-3H3,(H,19,20,21);3-8H,1-2H3;/q;-1;+1. The van der Waals surface area contributed by atoms with Gasteiger partial charge in [-0.25, -0.2) is 4.98 Å². The van der Waals surface area contributed by atoms with Crippen molar-refractivity contribution in [3.05, 3.63) is 65.8 Å². The van der Waals surface area contributed by atoms with Gasteiger partial charge in [0, 0.05) is 37.1 Å². The predicted molar refractivity (Wildman–Crippen MR) is 143 cm³/mol. The predicted octanol–water partition coefficient (Wildman–Crippen LogP) is 2.92. The Morgan fingerprint density at radius 1 is 0.919 bits per heavy atom. The summed E-state index contributed by atoms with van der Waals surface area (Å²) in [5.74, 6) is 3.20. The molecule has 1 saturated heterocycles. The van der Waals surface area contributed by atoms with E-state index < -0.39 is 0 Å². The molecule has 1 aliphatic rings. The number of nitrogens with zero attached hydrogens (tertiary/aromatic N) is 4. The first-order valence-electron chi connectivity index (χ1n) is 12.0. The van der Waals surface area contributed by atoms with E-state index in [9.17, 15) is 0 Å². The minimum Gasteiger partial charge on any atom is -0.536 e. The SMILES string of the molecule is COc1cc(Nc2nccc(N3CCCCC3)n2)cc(OC)c1OC.C[N-]OC(C)c1ccccc1.[K+]. The largest absolute Gasteiger partial charge is 1.00 e. The third-order valence-electron chi connectivity index (χ3n) is 5.77. The number of hydrogen-bond donors (Lipinski definition) is 1. The fourth-order valence-corrected chi connectivity index (χ4v) is 3.93. The number of piperidine rings is 1. The summed E-state index contributed by atoms with van der Waals surface area (Å²) in [6.45, 7) is 4.06. The average molecular weight is 534 g/mol. The quantitative estimate of drug-likeness (QED) is 0.332. The van der Waals surface area contributed by atoms with Crippen LogP contribution in [-0.2, 0) is 4.84 Å². The van der Waals surface area contributed by atoms with Gasteiger partial charge in [0.2, 0.25) is 11.7 Å². The van der Waals surface area contributed by atoms with Crippen LogP contribution in [0.2, 0.25) is 0 Å². The van der Waals surface area contributed by atoms with Crippen LogP contribution in [0.25, 0.3) is 5.48 Å². The summed E-state index contributed by atoms with van der Waals surface area (Å²) >= 11 is 0. The number of hydrogen-bond acceptors (Lipinski definition) is 8. The molecule has 1 fully saturated rings. The number of aromatic nitrogens is 2. The third-order valence-corrected chi connectivity index (χ3v) is 5.77. The molecule has 1 N–H and O–H groups in total. The monoisotopic (exact) mass is 533 g/mol. The molecule has 1 unspecified atom stereocenters. The van der Waals surface area contributed by atoms with E-state index in [-0.39, 0.29) is 57.5 Å². The maximum atomic E-state index is 5.38. The molecule has 0 radical (unpaired) electrons. The Bertz CT molecular complexity index is 1040. The molecular weight excluding hydrogens is 497 g/mol. The zero-order valence-corrected chi connectivity index (χ0v) is 25.9. The molecule has 37 heavy (non-hydrogen) atoms. The van der Waals surface area contributed by atoms with Crippen molar-refractivity contribution in [3.8, 4) is 17.2 Å². The second-order valence-electron chi connectivity index (χ2n) is 8.17. The van der Waals surface area contributed by atoms with E-state index in [0.717, 1.165) is 30.2 Å². The Labute approximate surface area is 262 Å². The van der Waals surface area contributed by atoms with Crippen LogP contribution >= 0.6 is 0 Å². The Hall–Kier alpha value is -1.92. The first-order valence-corrected chi connectivity index (χ1v) is 12.0. The molecule has 4 rings (SSSR count). The van der Waals surface area contributed by atoms with E-state index >= 15 is 0 Å². The Morgan fingerprint density at radius 2 is 1.57 bits per heavy atom. The van der Waals surface area contributed by atoms with E-state index in [1.54, 1.807) is 34.6 Å². The van der Waals surface area contributed by atoms with Crippen LogP contribution in [0.5, 0.6) is 17.2 Å². The van der Waals surface area contributed by atoms with E-state index in [2.05, 4.69) is 25.7 Å². The summed E-state index contributed by atoms with van der Waals surface area (Å²) in [5, 5.41) is 3.22. The molecule has 1 atom stereocenters. The first kappa shape index (κ1) is 31.3. The van der Waals surface area contributed by atoms with Gasteiger partial charge in [0.05, 0.1) is 27.4 Å². The number of ether oxygens (including phenoxy) is 3. The smallest absolute Gasteiger partial charge is 0.536 e. The van der Waals surface area contributed by atoms with Crippen molar-refractivity contribution >= 4 is 17.5 Å². The molecule has 0 spiro atoms. The summed E-state index contributed by atoms with van der Waals surface area (Å²) in [7, 11) is 6.40. The molecule has 0 saturated carbocycles. The van der Waals surface area contributed by atoms with E-state index in [0.29, 0.717) is 23.2 Å². The van der Waals surface area contributed by atoms with Gasteiger partial charge in [0.15, 0.2) is 11.5 Å². The Morgan fingerprint density at radius 3 is 2.14 bits per heavy atom. The average Bonchev–Trinajstić information content (AvgIpc) is 2.94. The number of anilines is 3. The summed E-state index contributed by atoms with van der Waals surface area (Å²) in [4.78, 5) is 16.3. The van der Waals surface area contributed by atoms with Crippen LogP contribution in [-0.4, -0.2) is 51.4 Å². The zero-order chi connectivity index (χ0) is 25.8. The molecule has 0 bridgehead atoms. The van der Waals surface area contributed by atoms with Crippen LogP contribution in [0.4, 0.5) is 17.5 Å². The molecule has 9 nitrogen and oxygen atoms in total. The molecule has 2 heterocycles. The topological polar surface area (TPSA) is 92.1 Å². The molecular formula is C27H36KN5O4. The van der Waals surface area contributed by atoms with Crippen LogP contribution in [0.15, 0.2) is 54.7 Å². The summed E-state index contributed by atoms with van der Waals surface area (Å²) in [6, 6.07) is 15.6. The van der Waals surface area contributed by atoms with Crippen molar-refractivity contribution in [1.29, 1.82) is 0 Å². The molecule has 2 aromatic carbocycles. The number of nitrogens with one attached hydrogen (secondary N) is 1. The second kappa shape index (κ2) is 16.8. The maximum absolute atomic E-state index is 5.38. The normalized spacial score (nSPS) is 13.4. The van der Waals surface area contributed by atoms with E-state index in [1.807, 2.05) is 55.5 Å². The van der Waals surface area contributed by atoms with Gasteiger partial charge in [0.1, 0.15) is 5.82 Å². The zero-order valence-electron chi connectivity index (χ0n) is 22.7. The molecule has 0 amide bonds. The van der Waals surface area contributed by atoms with E-state index in [1.165, 1.54) is 19.3 Å². The second-order valence-corrected chi connectivity index (χ2v) is 8.17. The van der Waals surface area contributed by atoms with Gasteiger partial charge < -0.3 is 34.7 Å². The molecule has 0 aliphatic carbocycles. The van der Waals surface area contributed by atoms with Gasteiger partial charge in [-0.3, -0.25) is 0 Å². The van der Waals surface area contributed by atoms with Crippen LogP contribution in [0.3, 0.4) is 0 Å². The summed E-state index contributed by atoms with van der Waals surface area (Å²) in [6.07, 6.45) is 5.54. The number of rotatable bonds is 9. The minimum atomic E-state index is 0.